The van der Waals surface area contributed by atoms with Crippen LogP contribution < -0.4 is 0 Å². The van der Waals surface area contributed by atoms with E-state index < -0.39 is 29.3 Å². The third kappa shape index (κ3) is 3.36. The second-order valence-corrected chi connectivity index (χ2v) is 7.02. The summed E-state index contributed by atoms with van der Waals surface area (Å²) in [6.07, 6.45) is -0.0698. The maximum atomic E-state index is 13.4. The average molecular weight is 402 g/mol. The van der Waals surface area contributed by atoms with Gasteiger partial charge in [0.1, 0.15) is 0 Å². The molecule has 1 fully saturated rings. The topological polar surface area (TPSA) is 72.9 Å². The number of halogens is 1. The Bertz CT molecular complexity index is 865. The van der Waals surface area contributed by atoms with Crippen molar-refractivity contribution in [2.45, 2.75) is 19.0 Å². The van der Waals surface area contributed by atoms with E-state index in [9.17, 15) is 14.4 Å². The van der Waals surface area contributed by atoms with E-state index in [2.05, 4.69) is 0 Å². The predicted octanol–water partition coefficient (Wildman–Crippen LogP) is 3.15. The van der Waals surface area contributed by atoms with Crippen molar-refractivity contribution in [2.75, 3.05) is 14.2 Å². The van der Waals surface area contributed by atoms with E-state index in [0.29, 0.717) is 5.02 Å². The highest BCUT2D eigenvalue weighted by molar-refractivity contribution is 6.30. The lowest BCUT2D eigenvalue weighted by atomic mass is 9.83. The van der Waals surface area contributed by atoms with E-state index in [4.69, 9.17) is 21.1 Å². The molecule has 1 atom stereocenters. The van der Waals surface area contributed by atoms with Crippen molar-refractivity contribution < 1.29 is 23.9 Å². The Balaban J connectivity index is 2.09. The third-order valence-corrected chi connectivity index (χ3v) is 5.27. The quantitative estimate of drug-likeness (QED) is 0.568. The maximum absolute atomic E-state index is 13.4. The van der Waals surface area contributed by atoms with Crippen LogP contribution in [0.2, 0.25) is 5.02 Å². The summed E-state index contributed by atoms with van der Waals surface area (Å²) in [5.74, 6) is -2.47. The molecule has 3 rings (SSSR count). The van der Waals surface area contributed by atoms with Gasteiger partial charge in [0.05, 0.1) is 20.3 Å². The van der Waals surface area contributed by atoms with Crippen LogP contribution in [-0.2, 0) is 30.4 Å². The molecule has 1 aliphatic heterocycles. The van der Waals surface area contributed by atoms with E-state index in [1.807, 2.05) is 30.3 Å². The molecule has 7 heteroatoms. The zero-order valence-electron chi connectivity index (χ0n) is 15.6. The second-order valence-electron chi connectivity index (χ2n) is 6.58. The smallest absolute Gasteiger partial charge is 0.333 e. The van der Waals surface area contributed by atoms with Gasteiger partial charge in [-0.1, -0.05) is 54.1 Å². The predicted molar refractivity (Wildman–Crippen MR) is 102 cm³/mol. The molecule has 2 aromatic carbocycles. The molecule has 0 N–H and O–H groups in total. The lowest BCUT2D eigenvalue weighted by molar-refractivity contribution is -0.172. The number of ether oxygens (including phenoxy) is 2. The SMILES string of the molecule is COC(=O)C1(C(=O)OC)CC(c2ccc(Cl)cc2)N(Cc2ccccc2)C1=O. The number of benzene rings is 2. The molecule has 28 heavy (non-hydrogen) atoms. The first-order valence-corrected chi connectivity index (χ1v) is 9.09. The van der Waals surface area contributed by atoms with Gasteiger partial charge >= 0.3 is 11.9 Å². The number of carbonyl (C=O) groups is 3. The minimum absolute atomic E-state index is 0.0698. The number of amides is 1. The van der Waals surface area contributed by atoms with Crippen molar-refractivity contribution in [3.05, 3.63) is 70.7 Å². The second kappa shape index (κ2) is 8.02. The van der Waals surface area contributed by atoms with Gasteiger partial charge in [0, 0.05) is 18.0 Å². The number of carbonyl (C=O) groups excluding carboxylic acids is 3. The molecule has 0 radical (unpaired) electrons. The lowest BCUT2D eigenvalue weighted by Crippen LogP contribution is -2.47. The molecule has 0 aliphatic carbocycles. The fourth-order valence-corrected chi connectivity index (χ4v) is 3.72. The van der Waals surface area contributed by atoms with Crippen LogP contribution in [0.5, 0.6) is 0 Å². The first-order chi connectivity index (χ1) is 13.4. The van der Waals surface area contributed by atoms with Gasteiger partial charge in [-0.05, 0) is 23.3 Å². The van der Waals surface area contributed by atoms with Gasteiger partial charge in [-0.3, -0.25) is 14.4 Å². The highest BCUT2D eigenvalue weighted by Gasteiger charge is 2.64. The zero-order chi connectivity index (χ0) is 20.3. The van der Waals surface area contributed by atoms with Crippen molar-refractivity contribution in [1.82, 2.24) is 4.90 Å². The molecule has 1 amide bonds. The first kappa shape index (κ1) is 19.9. The van der Waals surface area contributed by atoms with Gasteiger partial charge < -0.3 is 14.4 Å². The summed E-state index contributed by atoms with van der Waals surface area (Å²) >= 11 is 5.99. The molecule has 1 unspecified atom stereocenters. The molecule has 1 heterocycles. The Labute approximate surface area is 168 Å². The highest BCUT2D eigenvalue weighted by Crippen LogP contribution is 2.46. The molecule has 146 valence electrons. The Morgan fingerprint density at radius 1 is 1.04 bits per heavy atom. The molecule has 0 saturated carbocycles. The van der Waals surface area contributed by atoms with Crippen LogP contribution in [0, 0.1) is 5.41 Å². The molecule has 0 spiro atoms. The maximum Gasteiger partial charge on any atom is 0.333 e. The lowest BCUT2D eigenvalue weighted by Gasteiger charge is -2.25. The van der Waals surface area contributed by atoms with Crippen molar-refractivity contribution in [3.63, 3.8) is 0 Å². The molecule has 1 saturated heterocycles. The Morgan fingerprint density at radius 2 is 1.61 bits per heavy atom. The van der Waals surface area contributed by atoms with Gasteiger partial charge in [-0.2, -0.15) is 0 Å². The fraction of sp³-hybridized carbons (Fsp3) is 0.286. The number of likely N-dealkylation sites (tertiary alicyclic amines) is 1. The summed E-state index contributed by atoms with van der Waals surface area (Å²) in [6, 6.07) is 15.8. The monoisotopic (exact) mass is 401 g/mol. The molecular formula is C21H20ClNO5. The summed E-state index contributed by atoms with van der Waals surface area (Å²) < 4.78 is 9.65. The number of hydrogen-bond acceptors (Lipinski definition) is 5. The number of methoxy groups -OCH3 is 2. The number of hydrogen-bond donors (Lipinski definition) is 0. The molecule has 0 bridgehead atoms. The van der Waals surface area contributed by atoms with Crippen LogP contribution in [-0.4, -0.2) is 37.0 Å². The fourth-order valence-electron chi connectivity index (χ4n) is 3.59. The van der Waals surface area contributed by atoms with E-state index in [1.54, 1.807) is 24.3 Å². The zero-order valence-corrected chi connectivity index (χ0v) is 16.3. The average Bonchev–Trinajstić information content (AvgIpc) is 3.01. The Morgan fingerprint density at radius 3 is 2.14 bits per heavy atom. The molecular weight excluding hydrogens is 382 g/mol. The normalized spacial score (nSPS) is 18.0. The van der Waals surface area contributed by atoms with Crippen molar-refractivity contribution >= 4 is 29.4 Å². The van der Waals surface area contributed by atoms with Crippen molar-refractivity contribution in [2.24, 2.45) is 5.41 Å². The number of rotatable bonds is 5. The Hall–Kier alpha value is -2.86. The standard InChI is InChI=1S/C21H20ClNO5/c1-27-19(25)21(20(26)28-2)12-17(15-8-10-16(22)11-9-15)23(18(21)24)13-14-6-4-3-5-7-14/h3-11,17H,12-13H2,1-2H3. The molecule has 2 aromatic rings. The minimum Gasteiger partial charge on any atom is -0.468 e. The summed E-state index contributed by atoms with van der Waals surface area (Å²) in [5, 5.41) is 0.551. The van der Waals surface area contributed by atoms with Crippen molar-refractivity contribution in [3.8, 4) is 0 Å². The van der Waals surface area contributed by atoms with Crippen LogP contribution in [0.25, 0.3) is 0 Å². The first-order valence-electron chi connectivity index (χ1n) is 8.71. The largest absolute Gasteiger partial charge is 0.468 e. The minimum atomic E-state index is -2.03. The molecule has 0 aromatic heterocycles. The number of nitrogens with zero attached hydrogens (tertiary/aromatic N) is 1. The van der Waals surface area contributed by atoms with Crippen LogP contribution in [0.1, 0.15) is 23.6 Å². The summed E-state index contributed by atoms with van der Waals surface area (Å²) in [4.78, 5) is 40.1. The van der Waals surface area contributed by atoms with Crippen LogP contribution in [0.3, 0.4) is 0 Å². The van der Waals surface area contributed by atoms with E-state index >= 15 is 0 Å². The van der Waals surface area contributed by atoms with E-state index in [-0.39, 0.29) is 13.0 Å². The van der Waals surface area contributed by atoms with E-state index in [0.717, 1.165) is 25.3 Å². The van der Waals surface area contributed by atoms with Crippen LogP contribution in [0.15, 0.2) is 54.6 Å². The molecule has 6 nitrogen and oxygen atoms in total. The Kier molecular flexibility index (Phi) is 5.70. The van der Waals surface area contributed by atoms with Gasteiger partial charge in [-0.15, -0.1) is 0 Å². The summed E-state index contributed by atoms with van der Waals surface area (Å²) in [6.45, 7) is 0.239. The van der Waals surface area contributed by atoms with Gasteiger partial charge in [0.2, 0.25) is 5.41 Å². The molecule has 1 aliphatic rings. The third-order valence-electron chi connectivity index (χ3n) is 5.02. The van der Waals surface area contributed by atoms with Crippen molar-refractivity contribution in [1.29, 1.82) is 0 Å². The van der Waals surface area contributed by atoms with Crippen LogP contribution >= 0.6 is 11.6 Å². The number of esters is 2. The summed E-state index contributed by atoms with van der Waals surface area (Å²) in [7, 11) is 2.30. The van der Waals surface area contributed by atoms with E-state index in [1.165, 1.54) is 4.90 Å². The summed E-state index contributed by atoms with van der Waals surface area (Å²) in [5.41, 5.74) is -0.383. The van der Waals surface area contributed by atoms with Gasteiger partial charge in [-0.25, -0.2) is 0 Å². The van der Waals surface area contributed by atoms with Gasteiger partial charge in [0.15, 0.2) is 0 Å². The van der Waals surface area contributed by atoms with Gasteiger partial charge in [0.25, 0.3) is 5.91 Å². The van der Waals surface area contributed by atoms with Crippen LogP contribution in [0.4, 0.5) is 0 Å². The highest BCUT2D eigenvalue weighted by atomic mass is 35.5.